The van der Waals surface area contributed by atoms with Crippen LogP contribution in [-0.2, 0) is 24.8 Å². The molecule has 0 fully saturated rings. The highest BCUT2D eigenvalue weighted by atomic mass is 31.2. The van der Waals surface area contributed by atoms with E-state index in [0.717, 1.165) is 30.8 Å². The van der Waals surface area contributed by atoms with Crippen LogP contribution in [0.15, 0.2) is 24.3 Å². The van der Waals surface area contributed by atoms with Crippen molar-refractivity contribution in [2.24, 2.45) is 5.92 Å². The maximum absolute atomic E-state index is 12.3. The van der Waals surface area contributed by atoms with E-state index in [1.165, 1.54) is 51.4 Å². The second kappa shape index (κ2) is 19.8. The van der Waals surface area contributed by atoms with Crippen molar-refractivity contribution < 1.29 is 32.5 Å². The van der Waals surface area contributed by atoms with Gasteiger partial charge >= 0.3 is 7.82 Å². The first-order chi connectivity index (χ1) is 18.0. The minimum atomic E-state index is -4.15. The number of quaternary nitrogens is 1. The average molecular weight is 557 g/mol. The van der Waals surface area contributed by atoms with Gasteiger partial charge in [0.25, 0.3) is 0 Å². The van der Waals surface area contributed by atoms with E-state index in [2.05, 4.69) is 19.1 Å². The molecule has 8 heteroatoms. The maximum atomic E-state index is 12.3. The topological polar surface area (TPSA) is 82.1 Å². The number of phosphoric ester groups is 1. The highest BCUT2D eigenvalue weighted by molar-refractivity contribution is 7.47. The normalized spacial score (nSPS) is 14.3. The summed E-state index contributed by atoms with van der Waals surface area (Å²) in [6, 6.07) is 8.09. The Bertz CT molecular complexity index is 793. The molecule has 1 aromatic rings. The number of rotatable bonds is 24. The van der Waals surface area contributed by atoms with Crippen molar-refractivity contribution in [2.45, 2.75) is 97.3 Å². The van der Waals surface area contributed by atoms with Gasteiger partial charge in [0.2, 0.25) is 0 Å². The second-order valence-corrected chi connectivity index (χ2v) is 12.9. The molecule has 0 saturated carbocycles. The van der Waals surface area contributed by atoms with Gasteiger partial charge in [-0.25, -0.2) is 4.57 Å². The van der Waals surface area contributed by atoms with E-state index in [9.17, 15) is 14.3 Å². The van der Waals surface area contributed by atoms with Gasteiger partial charge in [0.15, 0.2) is 0 Å². The molecule has 0 radical (unpaired) electrons. The molecule has 0 heterocycles. The summed E-state index contributed by atoms with van der Waals surface area (Å²) in [6.45, 7) is 5.56. The van der Waals surface area contributed by atoms with Crippen LogP contribution >= 0.6 is 7.82 Å². The number of ether oxygens (including phenoxy) is 1. The number of ketones is 1. The molecule has 0 spiro atoms. The van der Waals surface area contributed by atoms with Gasteiger partial charge in [-0.1, -0.05) is 77.3 Å². The molecular formula is C30H55NO6P+. The van der Waals surface area contributed by atoms with Crippen molar-refractivity contribution >= 4 is 13.6 Å². The first-order valence-electron chi connectivity index (χ1n) is 14.7. The van der Waals surface area contributed by atoms with Crippen molar-refractivity contribution in [3.8, 4) is 5.75 Å². The third-order valence-electron chi connectivity index (χ3n) is 6.68. The van der Waals surface area contributed by atoms with Gasteiger partial charge in [-0.3, -0.25) is 13.8 Å². The van der Waals surface area contributed by atoms with Crippen molar-refractivity contribution in [3.63, 3.8) is 0 Å². The lowest BCUT2D eigenvalue weighted by molar-refractivity contribution is -0.870. The zero-order valence-electron chi connectivity index (χ0n) is 24.8. The van der Waals surface area contributed by atoms with Crippen LogP contribution in [0, 0.1) is 5.92 Å². The van der Waals surface area contributed by atoms with Crippen LogP contribution in [0.4, 0.5) is 0 Å². The second-order valence-electron chi connectivity index (χ2n) is 11.4. The summed E-state index contributed by atoms with van der Waals surface area (Å²) >= 11 is 0. The number of unbranched alkanes of at least 4 members (excludes halogenated alkanes) is 8. The van der Waals surface area contributed by atoms with Crippen LogP contribution in [0.1, 0.15) is 96.5 Å². The summed E-state index contributed by atoms with van der Waals surface area (Å²) in [4.78, 5) is 22.1. The van der Waals surface area contributed by atoms with Gasteiger partial charge in [0.05, 0.1) is 34.4 Å². The number of Topliss-reactive ketones (excluding diaryl/α,β-unsaturated/α-hetero) is 1. The lowest BCUT2D eigenvalue weighted by Crippen LogP contribution is -2.37. The number of benzene rings is 1. The molecule has 7 nitrogen and oxygen atoms in total. The van der Waals surface area contributed by atoms with E-state index >= 15 is 0 Å². The van der Waals surface area contributed by atoms with E-state index in [-0.39, 0.29) is 24.9 Å². The Kier molecular flexibility index (Phi) is 18.1. The fraction of sp³-hybridized carbons (Fsp3) is 0.767. The summed E-state index contributed by atoms with van der Waals surface area (Å²) in [5, 5.41) is 0. The molecule has 0 saturated heterocycles. The predicted octanol–water partition coefficient (Wildman–Crippen LogP) is 7.35. The van der Waals surface area contributed by atoms with E-state index in [0.29, 0.717) is 30.3 Å². The molecule has 1 rings (SSSR count). The quantitative estimate of drug-likeness (QED) is 0.0814. The largest absolute Gasteiger partial charge is 0.494 e. The summed E-state index contributed by atoms with van der Waals surface area (Å²) < 4.78 is 29.2. The third-order valence-corrected chi connectivity index (χ3v) is 7.67. The Morgan fingerprint density at radius 3 is 2.08 bits per heavy atom. The van der Waals surface area contributed by atoms with Gasteiger partial charge in [0.1, 0.15) is 24.7 Å². The van der Waals surface area contributed by atoms with E-state index < -0.39 is 7.82 Å². The van der Waals surface area contributed by atoms with Crippen molar-refractivity contribution in [2.75, 3.05) is 47.5 Å². The zero-order chi connectivity index (χ0) is 28.3. The fourth-order valence-corrected chi connectivity index (χ4v) is 4.89. The molecule has 1 N–H and O–H groups in total. The number of nitrogens with zero attached hydrogens (tertiary/aromatic N) is 1. The van der Waals surface area contributed by atoms with Crippen molar-refractivity contribution in [1.82, 2.24) is 0 Å². The van der Waals surface area contributed by atoms with Gasteiger partial charge in [-0.05, 0) is 42.9 Å². The lowest BCUT2D eigenvalue weighted by atomic mass is 9.94. The Morgan fingerprint density at radius 2 is 1.50 bits per heavy atom. The maximum Gasteiger partial charge on any atom is 0.472 e. The van der Waals surface area contributed by atoms with Crippen LogP contribution in [0.5, 0.6) is 5.75 Å². The smallest absolute Gasteiger partial charge is 0.472 e. The molecule has 0 aliphatic heterocycles. The van der Waals surface area contributed by atoms with Gasteiger partial charge in [-0.2, -0.15) is 0 Å². The summed E-state index contributed by atoms with van der Waals surface area (Å²) in [7, 11) is 1.79. The molecule has 220 valence electrons. The first-order valence-corrected chi connectivity index (χ1v) is 16.2. The first kappa shape index (κ1) is 34.8. The monoisotopic (exact) mass is 556 g/mol. The van der Waals surface area contributed by atoms with Crippen LogP contribution in [0.25, 0.3) is 0 Å². The highest BCUT2D eigenvalue weighted by Crippen LogP contribution is 2.44. The van der Waals surface area contributed by atoms with Crippen molar-refractivity contribution in [1.29, 1.82) is 0 Å². The zero-order valence-corrected chi connectivity index (χ0v) is 25.7. The molecular weight excluding hydrogens is 501 g/mol. The van der Waals surface area contributed by atoms with Gasteiger partial charge in [0, 0.05) is 12.8 Å². The summed E-state index contributed by atoms with van der Waals surface area (Å²) in [5.74, 6) is 0.853. The Morgan fingerprint density at radius 1 is 0.895 bits per heavy atom. The number of aryl methyl sites for hydroxylation is 1. The molecule has 2 unspecified atom stereocenters. The molecule has 0 amide bonds. The summed E-state index contributed by atoms with van der Waals surface area (Å²) in [5.41, 5.74) is 1.14. The van der Waals surface area contributed by atoms with E-state index in [1.54, 1.807) is 0 Å². The number of phosphoric acid groups is 1. The Labute approximate surface area is 232 Å². The number of carbonyl (C=O) groups excluding carboxylic acids is 1. The molecule has 0 bridgehead atoms. The molecule has 2 atom stereocenters. The van der Waals surface area contributed by atoms with Crippen LogP contribution < -0.4 is 4.74 Å². The minimum Gasteiger partial charge on any atom is -0.494 e. The number of likely N-dealkylation sites (N-methyl/N-ethyl adjacent to an activating group) is 1. The fourth-order valence-electron chi connectivity index (χ4n) is 4.10. The number of hydrogen-bond acceptors (Lipinski definition) is 5. The Hall–Kier alpha value is -1.24. The SMILES string of the molecule is CCCCCCCCCCCOc1ccc(CCC(COP(=O)(O)OCC[N+](C)(C)C)CC(=O)CC)cc1. The minimum absolute atomic E-state index is 0.0177. The van der Waals surface area contributed by atoms with Crippen molar-refractivity contribution in [3.05, 3.63) is 29.8 Å². The molecule has 0 aliphatic carbocycles. The average Bonchev–Trinajstić information content (AvgIpc) is 2.86. The predicted molar refractivity (Wildman–Crippen MR) is 156 cm³/mol. The van der Waals surface area contributed by atoms with Crippen LogP contribution in [0.2, 0.25) is 0 Å². The summed E-state index contributed by atoms with van der Waals surface area (Å²) in [6.07, 6.45) is 13.9. The standard InChI is InChI=1S/C30H54NO6P/c1-6-8-9-10-11-12-13-14-15-23-35-30-20-18-27(19-21-30)16-17-28(25-29(32)7-2)26-37-38(33,34)36-24-22-31(3,4)5/h18-21,28H,6-17,22-26H2,1-5H3/p+1. The Balaban J connectivity index is 2.38. The number of carbonyl (C=O) groups is 1. The van der Waals surface area contributed by atoms with Crippen LogP contribution in [0.3, 0.4) is 0 Å². The highest BCUT2D eigenvalue weighted by Gasteiger charge is 2.25. The molecule has 0 aliphatic rings. The van der Waals surface area contributed by atoms with Gasteiger partial charge < -0.3 is 14.1 Å². The van der Waals surface area contributed by atoms with E-state index in [1.807, 2.05) is 40.2 Å². The number of hydrogen-bond donors (Lipinski definition) is 1. The van der Waals surface area contributed by atoms with Gasteiger partial charge in [-0.15, -0.1) is 0 Å². The molecule has 0 aromatic heterocycles. The lowest BCUT2D eigenvalue weighted by Gasteiger charge is -2.24. The third kappa shape index (κ3) is 18.9. The van der Waals surface area contributed by atoms with Crippen LogP contribution in [-0.4, -0.2) is 62.7 Å². The molecule has 38 heavy (non-hydrogen) atoms. The van der Waals surface area contributed by atoms with E-state index in [4.69, 9.17) is 13.8 Å². The molecule has 1 aromatic carbocycles.